The van der Waals surface area contributed by atoms with E-state index in [2.05, 4.69) is 33.7 Å². The zero-order valence-corrected chi connectivity index (χ0v) is 16.1. The Morgan fingerprint density at radius 2 is 1.88 bits per heavy atom. The number of nitrogens with one attached hydrogen (secondary N) is 2. The molecule has 5 heteroatoms. The molecule has 0 aromatic heterocycles. The zero-order valence-electron chi connectivity index (χ0n) is 15.3. The molecule has 25 heavy (non-hydrogen) atoms. The smallest absolute Gasteiger partial charge is 0.166 e. The topological polar surface area (TPSA) is 36.5 Å². The van der Waals surface area contributed by atoms with Crippen LogP contribution >= 0.6 is 12.2 Å². The quantitative estimate of drug-likeness (QED) is 0.757. The van der Waals surface area contributed by atoms with Crippen LogP contribution in [0, 0.1) is 0 Å². The van der Waals surface area contributed by atoms with Crippen molar-refractivity contribution >= 4 is 17.3 Å². The fraction of sp³-hybridized carbons (Fsp3) is 0.650. The molecule has 3 rings (SSSR count). The van der Waals surface area contributed by atoms with Gasteiger partial charge in [-0.25, -0.2) is 0 Å². The van der Waals surface area contributed by atoms with Crippen molar-refractivity contribution < 1.29 is 4.74 Å². The molecule has 1 atom stereocenters. The SMILES string of the molecule is COc1ccccc1[C@@H](CNC(=S)NC1CCCCC1)N1CCCC1. The number of ether oxygens (including phenoxy) is 1. The number of methoxy groups -OCH3 is 1. The highest BCUT2D eigenvalue weighted by molar-refractivity contribution is 7.80. The maximum atomic E-state index is 5.61. The molecule has 1 heterocycles. The van der Waals surface area contributed by atoms with Gasteiger partial charge >= 0.3 is 0 Å². The normalized spacial score (nSPS) is 20.2. The molecule has 1 aliphatic heterocycles. The molecular formula is C20H31N3OS. The monoisotopic (exact) mass is 361 g/mol. The van der Waals surface area contributed by atoms with Crippen molar-refractivity contribution in [3.05, 3.63) is 29.8 Å². The van der Waals surface area contributed by atoms with Crippen LogP contribution in [0.4, 0.5) is 0 Å². The Hall–Kier alpha value is -1.33. The Balaban J connectivity index is 1.62. The summed E-state index contributed by atoms with van der Waals surface area (Å²) in [5.41, 5.74) is 1.25. The summed E-state index contributed by atoms with van der Waals surface area (Å²) >= 11 is 5.57. The van der Waals surface area contributed by atoms with Gasteiger partial charge in [-0.15, -0.1) is 0 Å². The van der Waals surface area contributed by atoms with Gasteiger partial charge in [0, 0.05) is 18.2 Å². The average Bonchev–Trinajstić information content (AvgIpc) is 3.17. The molecule has 2 aliphatic rings. The average molecular weight is 362 g/mol. The van der Waals surface area contributed by atoms with Crippen LogP contribution in [-0.4, -0.2) is 42.8 Å². The third-order valence-corrected chi connectivity index (χ3v) is 5.74. The summed E-state index contributed by atoms with van der Waals surface area (Å²) in [7, 11) is 1.75. The number of para-hydroxylation sites is 1. The number of hydrogen-bond acceptors (Lipinski definition) is 3. The van der Waals surface area contributed by atoms with Crippen LogP contribution < -0.4 is 15.4 Å². The van der Waals surface area contributed by atoms with E-state index in [1.165, 1.54) is 50.5 Å². The number of hydrogen-bond donors (Lipinski definition) is 2. The van der Waals surface area contributed by atoms with Crippen molar-refractivity contribution in [2.75, 3.05) is 26.7 Å². The first-order valence-corrected chi connectivity index (χ1v) is 10.1. The second-order valence-electron chi connectivity index (χ2n) is 7.19. The number of nitrogens with zero attached hydrogens (tertiary/aromatic N) is 1. The van der Waals surface area contributed by atoms with Crippen molar-refractivity contribution in [3.63, 3.8) is 0 Å². The Labute approximate surface area is 157 Å². The van der Waals surface area contributed by atoms with E-state index in [0.717, 1.165) is 30.5 Å². The maximum absolute atomic E-state index is 5.61. The van der Waals surface area contributed by atoms with E-state index >= 15 is 0 Å². The Morgan fingerprint density at radius 1 is 1.16 bits per heavy atom. The molecule has 1 saturated carbocycles. The van der Waals surface area contributed by atoms with Crippen LogP contribution in [0.25, 0.3) is 0 Å². The molecule has 0 amide bonds. The largest absolute Gasteiger partial charge is 0.496 e. The maximum Gasteiger partial charge on any atom is 0.166 e. The predicted octanol–water partition coefficient (Wildman–Crippen LogP) is 3.63. The second kappa shape index (κ2) is 9.39. The molecule has 1 saturated heterocycles. The first-order chi connectivity index (χ1) is 12.3. The van der Waals surface area contributed by atoms with Crippen LogP contribution in [0.15, 0.2) is 24.3 Å². The number of thiocarbonyl (C=S) groups is 1. The molecule has 0 spiro atoms. The van der Waals surface area contributed by atoms with E-state index in [9.17, 15) is 0 Å². The molecule has 138 valence electrons. The van der Waals surface area contributed by atoms with Crippen LogP contribution in [-0.2, 0) is 0 Å². The summed E-state index contributed by atoms with van der Waals surface area (Å²) in [5.74, 6) is 0.965. The highest BCUT2D eigenvalue weighted by Crippen LogP contribution is 2.31. The summed E-state index contributed by atoms with van der Waals surface area (Å²) in [6.45, 7) is 3.11. The van der Waals surface area contributed by atoms with E-state index in [4.69, 9.17) is 17.0 Å². The molecule has 1 aromatic rings. The molecule has 0 radical (unpaired) electrons. The minimum absolute atomic E-state index is 0.296. The van der Waals surface area contributed by atoms with Crippen LogP contribution in [0.5, 0.6) is 5.75 Å². The molecular weight excluding hydrogens is 330 g/mol. The first-order valence-electron chi connectivity index (χ1n) is 9.69. The molecule has 4 nitrogen and oxygen atoms in total. The lowest BCUT2D eigenvalue weighted by Crippen LogP contribution is -2.45. The van der Waals surface area contributed by atoms with Crippen molar-refractivity contribution in [3.8, 4) is 5.75 Å². The van der Waals surface area contributed by atoms with Crippen molar-refractivity contribution in [1.29, 1.82) is 0 Å². The number of likely N-dealkylation sites (tertiary alicyclic amines) is 1. The Kier molecular flexibility index (Phi) is 6.93. The van der Waals surface area contributed by atoms with E-state index in [-0.39, 0.29) is 0 Å². The van der Waals surface area contributed by atoms with Crippen molar-refractivity contribution in [1.82, 2.24) is 15.5 Å². The van der Waals surface area contributed by atoms with Crippen molar-refractivity contribution in [2.45, 2.75) is 57.0 Å². The molecule has 2 fully saturated rings. The Morgan fingerprint density at radius 3 is 2.60 bits per heavy atom. The van der Waals surface area contributed by atoms with Crippen LogP contribution in [0.1, 0.15) is 56.6 Å². The third kappa shape index (κ3) is 5.08. The first kappa shape index (κ1) is 18.5. The van der Waals surface area contributed by atoms with Gasteiger partial charge in [-0.05, 0) is 57.1 Å². The minimum Gasteiger partial charge on any atom is -0.496 e. The van der Waals surface area contributed by atoms with Gasteiger partial charge in [0.25, 0.3) is 0 Å². The van der Waals surface area contributed by atoms with Crippen molar-refractivity contribution in [2.24, 2.45) is 0 Å². The van der Waals surface area contributed by atoms with Gasteiger partial charge in [-0.3, -0.25) is 4.90 Å². The summed E-state index contributed by atoms with van der Waals surface area (Å²) in [5, 5.41) is 7.79. The summed E-state index contributed by atoms with van der Waals surface area (Å²) in [6, 6.07) is 9.21. The highest BCUT2D eigenvalue weighted by atomic mass is 32.1. The fourth-order valence-electron chi connectivity index (χ4n) is 4.10. The second-order valence-corrected chi connectivity index (χ2v) is 7.60. The number of benzene rings is 1. The van der Waals surface area contributed by atoms with E-state index in [1.807, 2.05) is 6.07 Å². The van der Waals surface area contributed by atoms with Gasteiger partial charge in [-0.1, -0.05) is 37.5 Å². The van der Waals surface area contributed by atoms with Gasteiger partial charge in [0.2, 0.25) is 0 Å². The van der Waals surface area contributed by atoms with Gasteiger partial charge in [0.15, 0.2) is 5.11 Å². The molecule has 1 aromatic carbocycles. The van der Waals surface area contributed by atoms with E-state index in [0.29, 0.717) is 12.1 Å². The summed E-state index contributed by atoms with van der Waals surface area (Å²) in [6.07, 6.45) is 9.03. The summed E-state index contributed by atoms with van der Waals surface area (Å²) < 4.78 is 5.61. The van der Waals surface area contributed by atoms with Crippen LogP contribution in [0.2, 0.25) is 0 Å². The van der Waals surface area contributed by atoms with E-state index in [1.54, 1.807) is 7.11 Å². The van der Waals surface area contributed by atoms with Gasteiger partial charge in [-0.2, -0.15) is 0 Å². The molecule has 2 N–H and O–H groups in total. The summed E-state index contributed by atoms with van der Waals surface area (Å²) in [4.78, 5) is 2.55. The molecule has 0 bridgehead atoms. The molecule has 0 unspecified atom stereocenters. The number of rotatable bonds is 6. The van der Waals surface area contributed by atoms with Gasteiger partial charge in [0.05, 0.1) is 13.2 Å². The van der Waals surface area contributed by atoms with Gasteiger partial charge < -0.3 is 15.4 Å². The lowest BCUT2D eigenvalue weighted by molar-refractivity contribution is 0.239. The Bertz CT molecular complexity index is 554. The highest BCUT2D eigenvalue weighted by Gasteiger charge is 2.26. The lowest BCUT2D eigenvalue weighted by Gasteiger charge is -2.30. The van der Waals surface area contributed by atoms with E-state index < -0.39 is 0 Å². The lowest BCUT2D eigenvalue weighted by atomic mass is 9.96. The standard InChI is InChI=1S/C20H31N3OS/c1-24-19-12-6-5-11-17(19)18(23-13-7-8-14-23)15-21-20(25)22-16-9-3-2-4-10-16/h5-6,11-12,16,18H,2-4,7-10,13-15H2,1H3,(H2,21,22,25)/t18-/m1/s1. The van der Waals surface area contributed by atoms with Crippen LogP contribution in [0.3, 0.4) is 0 Å². The third-order valence-electron chi connectivity index (χ3n) is 5.48. The minimum atomic E-state index is 0.296. The molecule has 1 aliphatic carbocycles. The van der Waals surface area contributed by atoms with Gasteiger partial charge in [0.1, 0.15) is 5.75 Å². The predicted molar refractivity (Wildman–Crippen MR) is 107 cm³/mol. The zero-order chi connectivity index (χ0) is 17.5. The fourth-order valence-corrected chi connectivity index (χ4v) is 4.35.